The van der Waals surface area contributed by atoms with Crippen LogP contribution in [0.25, 0.3) is 0 Å². The molecule has 6 heteroatoms. The van der Waals surface area contributed by atoms with Gasteiger partial charge < -0.3 is 11.1 Å². The minimum atomic E-state index is -0.278. The quantitative estimate of drug-likeness (QED) is 0.826. The van der Waals surface area contributed by atoms with Crippen LogP contribution >= 0.6 is 28.3 Å². The van der Waals surface area contributed by atoms with Crippen molar-refractivity contribution in [3.05, 3.63) is 34.1 Å². The smallest absolute Gasteiger partial charge is 0.220 e. The highest BCUT2D eigenvalue weighted by atomic mass is 79.9. The molecule has 0 radical (unpaired) electrons. The van der Waals surface area contributed by atoms with Gasteiger partial charge in [0.15, 0.2) is 0 Å². The summed E-state index contributed by atoms with van der Waals surface area (Å²) in [6, 6.07) is 4.90. The summed E-state index contributed by atoms with van der Waals surface area (Å²) in [6.45, 7) is 2.43. The zero-order valence-corrected chi connectivity index (χ0v) is 13.2. The second-order valence-corrected chi connectivity index (χ2v) is 5.22. The number of carbonyl (C=O) groups excluding carboxylic acids is 1. The van der Waals surface area contributed by atoms with Gasteiger partial charge in [-0.25, -0.2) is 4.39 Å². The highest BCUT2D eigenvalue weighted by Crippen LogP contribution is 2.16. The number of hydrogen-bond acceptors (Lipinski definition) is 2. The lowest BCUT2D eigenvalue weighted by atomic mass is 10.1. The van der Waals surface area contributed by atoms with Crippen LogP contribution in [0.2, 0.25) is 0 Å². The van der Waals surface area contributed by atoms with Crippen LogP contribution in [0.1, 0.15) is 25.3 Å². The van der Waals surface area contributed by atoms with Gasteiger partial charge in [-0.05, 0) is 53.4 Å². The summed E-state index contributed by atoms with van der Waals surface area (Å²) in [4.78, 5) is 11.4. The van der Waals surface area contributed by atoms with Gasteiger partial charge in [0.05, 0.1) is 4.47 Å². The summed E-state index contributed by atoms with van der Waals surface area (Å²) in [5, 5.41) is 2.82. The van der Waals surface area contributed by atoms with Crippen molar-refractivity contribution in [1.29, 1.82) is 0 Å². The molecule has 0 aliphatic rings. The molecule has 3 nitrogen and oxygen atoms in total. The molecule has 1 unspecified atom stereocenters. The second-order valence-electron chi connectivity index (χ2n) is 4.36. The van der Waals surface area contributed by atoms with Crippen molar-refractivity contribution in [3.63, 3.8) is 0 Å². The fraction of sp³-hybridized carbons (Fsp3) is 0.462. The third kappa shape index (κ3) is 7.50. The van der Waals surface area contributed by atoms with Crippen molar-refractivity contribution in [3.8, 4) is 0 Å². The molecule has 3 N–H and O–H groups in total. The molecule has 0 aliphatic heterocycles. The first-order valence-corrected chi connectivity index (χ1v) is 6.74. The van der Waals surface area contributed by atoms with Crippen molar-refractivity contribution in [1.82, 2.24) is 5.32 Å². The Labute approximate surface area is 127 Å². The van der Waals surface area contributed by atoms with E-state index >= 15 is 0 Å². The van der Waals surface area contributed by atoms with E-state index in [2.05, 4.69) is 21.2 Å². The summed E-state index contributed by atoms with van der Waals surface area (Å²) in [7, 11) is 0. The Balaban J connectivity index is 0.00000324. The van der Waals surface area contributed by atoms with Gasteiger partial charge in [-0.2, -0.15) is 0 Å². The maximum Gasteiger partial charge on any atom is 0.220 e. The molecule has 0 aliphatic carbocycles. The van der Waals surface area contributed by atoms with Crippen molar-refractivity contribution in [2.45, 2.75) is 32.2 Å². The second kappa shape index (κ2) is 9.28. The van der Waals surface area contributed by atoms with Gasteiger partial charge >= 0.3 is 0 Å². The topological polar surface area (TPSA) is 55.1 Å². The molecule has 1 rings (SSSR count). The van der Waals surface area contributed by atoms with E-state index in [4.69, 9.17) is 5.73 Å². The lowest BCUT2D eigenvalue weighted by molar-refractivity contribution is -0.121. The largest absolute Gasteiger partial charge is 0.356 e. The standard InChI is InChI=1S/C13H18BrFN2O.ClH/c1-9(16)2-5-13(18)17-7-6-10-3-4-12(15)11(14)8-10;/h3-4,8-9H,2,5-7,16H2,1H3,(H,17,18);1H. The van der Waals surface area contributed by atoms with Crippen LogP contribution in [0.3, 0.4) is 0 Å². The molecular formula is C13H19BrClFN2O. The third-order valence-corrected chi connectivity index (χ3v) is 3.15. The Morgan fingerprint density at radius 1 is 1.53 bits per heavy atom. The Morgan fingerprint density at radius 3 is 2.79 bits per heavy atom. The lowest BCUT2D eigenvalue weighted by Crippen LogP contribution is -2.27. The van der Waals surface area contributed by atoms with E-state index in [1.165, 1.54) is 6.07 Å². The first kappa shape index (κ1) is 18.4. The number of carbonyl (C=O) groups is 1. The zero-order valence-electron chi connectivity index (χ0n) is 10.8. The van der Waals surface area contributed by atoms with Gasteiger partial charge in [-0.1, -0.05) is 6.07 Å². The van der Waals surface area contributed by atoms with Crippen LogP contribution in [-0.4, -0.2) is 18.5 Å². The monoisotopic (exact) mass is 352 g/mol. The predicted molar refractivity (Wildman–Crippen MR) is 80.9 cm³/mol. The molecule has 108 valence electrons. The number of hydrogen-bond donors (Lipinski definition) is 2. The summed E-state index contributed by atoms with van der Waals surface area (Å²) in [6.07, 6.45) is 1.82. The minimum absolute atomic E-state index is 0. The Bertz CT molecular complexity index is 416. The lowest BCUT2D eigenvalue weighted by Gasteiger charge is -2.07. The van der Waals surface area contributed by atoms with Gasteiger partial charge in [-0.3, -0.25) is 4.79 Å². The van der Waals surface area contributed by atoms with E-state index in [-0.39, 0.29) is 30.2 Å². The molecule has 0 saturated heterocycles. The third-order valence-electron chi connectivity index (χ3n) is 2.55. The number of rotatable bonds is 6. The van der Waals surface area contributed by atoms with Crippen molar-refractivity contribution < 1.29 is 9.18 Å². The number of amides is 1. The molecule has 0 spiro atoms. The van der Waals surface area contributed by atoms with Gasteiger partial charge in [0.2, 0.25) is 5.91 Å². The number of halogens is 3. The summed E-state index contributed by atoms with van der Waals surface area (Å²) in [5.41, 5.74) is 6.55. The van der Waals surface area contributed by atoms with Crippen molar-refractivity contribution in [2.75, 3.05) is 6.54 Å². The van der Waals surface area contributed by atoms with Crippen LogP contribution in [0.5, 0.6) is 0 Å². The fourth-order valence-electron chi connectivity index (χ4n) is 1.49. The first-order chi connectivity index (χ1) is 8.49. The molecular weight excluding hydrogens is 335 g/mol. The summed E-state index contributed by atoms with van der Waals surface area (Å²) in [5.74, 6) is -0.270. The van der Waals surface area contributed by atoms with E-state index in [1.807, 2.05) is 6.92 Å². The first-order valence-electron chi connectivity index (χ1n) is 5.95. The molecule has 0 bridgehead atoms. The van der Waals surface area contributed by atoms with Crippen LogP contribution in [0, 0.1) is 5.82 Å². The van der Waals surface area contributed by atoms with Gasteiger partial charge in [0.25, 0.3) is 0 Å². The van der Waals surface area contributed by atoms with E-state index in [0.29, 0.717) is 30.3 Å². The van der Waals surface area contributed by atoms with E-state index in [0.717, 1.165) is 5.56 Å². The normalized spacial score (nSPS) is 11.6. The Hall–Kier alpha value is -0.650. The highest BCUT2D eigenvalue weighted by molar-refractivity contribution is 9.10. The number of nitrogens with one attached hydrogen (secondary N) is 1. The average molecular weight is 354 g/mol. The van der Waals surface area contributed by atoms with Crippen molar-refractivity contribution >= 4 is 34.2 Å². The molecule has 0 fully saturated rings. The molecule has 1 atom stereocenters. The average Bonchev–Trinajstić information content (AvgIpc) is 2.31. The van der Waals surface area contributed by atoms with Crippen molar-refractivity contribution in [2.24, 2.45) is 5.73 Å². The van der Waals surface area contributed by atoms with Crippen LogP contribution in [0.4, 0.5) is 4.39 Å². The summed E-state index contributed by atoms with van der Waals surface area (Å²) < 4.78 is 13.4. The fourth-order valence-corrected chi connectivity index (χ4v) is 1.91. The molecule has 0 aromatic heterocycles. The highest BCUT2D eigenvalue weighted by Gasteiger charge is 2.04. The molecule has 0 heterocycles. The SMILES string of the molecule is CC(N)CCC(=O)NCCc1ccc(F)c(Br)c1.Cl. The van der Waals surface area contributed by atoms with E-state index in [1.54, 1.807) is 12.1 Å². The van der Waals surface area contributed by atoms with Crippen LogP contribution in [-0.2, 0) is 11.2 Å². The maximum absolute atomic E-state index is 13.0. The minimum Gasteiger partial charge on any atom is -0.356 e. The maximum atomic E-state index is 13.0. The molecule has 1 amide bonds. The van der Waals surface area contributed by atoms with Crippen LogP contribution < -0.4 is 11.1 Å². The van der Waals surface area contributed by atoms with Crippen LogP contribution in [0.15, 0.2) is 22.7 Å². The molecule has 0 saturated carbocycles. The molecule has 19 heavy (non-hydrogen) atoms. The Kier molecular flexibility index (Phi) is 8.97. The van der Waals surface area contributed by atoms with Gasteiger partial charge in [-0.15, -0.1) is 12.4 Å². The summed E-state index contributed by atoms with van der Waals surface area (Å²) >= 11 is 3.13. The van der Waals surface area contributed by atoms with E-state index in [9.17, 15) is 9.18 Å². The molecule has 1 aromatic rings. The Morgan fingerprint density at radius 2 is 2.21 bits per heavy atom. The van der Waals surface area contributed by atoms with Gasteiger partial charge in [0.1, 0.15) is 5.82 Å². The number of nitrogens with two attached hydrogens (primary N) is 1. The van der Waals surface area contributed by atoms with Gasteiger partial charge in [0, 0.05) is 19.0 Å². The zero-order chi connectivity index (χ0) is 13.5. The number of benzene rings is 1. The predicted octanol–water partition coefficient (Wildman–Crippen LogP) is 2.80. The molecule has 1 aromatic carbocycles. The van der Waals surface area contributed by atoms with E-state index < -0.39 is 0 Å².